The summed E-state index contributed by atoms with van der Waals surface area (Å²) in [6.45, 7) is 5.04. The first-order chi connectivity index (χ1) is 8.83. The van der Waals surface area contributed by atoms with Gasteiger partial charge >= 0.3 is 0 Å². The van der Waals surface area contributed by atoms with Gasteiger partial charge in [0.15, 0.2) is 0 Å². The second kappa shape index (κ2) is 5.89. The van der Waals surface area contributed by atoms with E-state index >= 15 is 0 Å². The van der Waals surface area contributed by atoms with Crippen molar-refractivity contribution >= 4 is 0 Å². The van der Waals surface area contributed by atoms with Gasteiger partial charge in [-0.15, -0.1) is 0 Å². The highest BCUT2D eigenvalue weighted by atomic mass is 15.2. The minimum atomic E-state index is 0.766. The minimum absolute atomic E-state index is 0.766. The molecule has 2 aliphatic carbocycles. The highest BCUT2D eigenvalue weighted by Gasteiger charge is 2.34. The van der Waals surface area contributed by atoms with E-state index in [1.807, 2.05) is 0 Å². The summed E-state index contributed by atoms with van der Waals surface area (Å²) in [5, 5.41) is 3.77. The quantitative estimate of drug-likeness (QED) is 0.775. The molecule has 3 rings (SSSR count). The van der Waals surface area contributed by atoms with Crippen molar-refractivity contribution < 1.29 is 0 Å². The predicted molar refractivity (Wildman–Crippen MR) is 75.9 cm³/mol. The van der Waals surface area contributed by atoms with Crippen molar-refractivity contribution in [1.82, 2.24) is 15.1 Å². The van der Waals surface area contributed by atoms with Crippen LogP contribution in [-0.2, 0) is 0 Å². The maximum Gasteiger partial charge on any atom is 0.0207 e. The summed E-state index contributed by atoms with van der Waals surface area (Å²) in [5.41, 5.74) is 0. The second-order valence-corrected chi connectivity index (χ2v) is 6.58. The first-order valence-corrected chi connectivity index (χ1v) is 8.00. The molecule has 0 spiro atoms. The average Bonchev–Trinajstić information content (AvgIpc) is 2.92. The molecule has 3 aliphatic rings. The van der Waals surface area contributed by atoms with Crippen LogP contribution in [0.5, 0.6) is 0 Å². The molecule has 0 aromatic heterocycles. The average molecular weight is 251 g/mol. The maximum atomic E-state index is 3.77. The number of likely N-dealkylation sites (N-methyl/N-ethyl adjacent to an activating group) is 1. The molecule has 0 aromatic carbocycles. The first kappa shape index (κ1) is 12.9. The van der Waals surface area contributed by atoms with Crippen LogP contribution >= 0.6 is 0 Å². The van der Waals surface area contributed by atoms with Crippen LogP contribution in [0.3, 0.4) is 0 Å². The van der Waals surface area contributed by atoms with E-state index in [2.05, 4.69) is 22.2 Å². The molecule has 3 fully saturated rings. The van der Waals surface area contributed by atoms with Gasteiger partial charge in [0.05, 0.1) is 0 Å². The van der Waals surface area contributed by atoms with Gasteiger partial charge < -0.3 is 10.2 Å². The molecule has 3 heteroatoms. The zero-order valence-electron chi connectivity index (χ0n) is 11.9. The minimum Gasteiger partial charge on any atom is -0.311 e. The Morgan fingerprint density at radius 1 is 1.11 bits per heavy atom. The molecule has 0 amide bonds. The summed E-state index contributed by atoms with van der Waals surface area (Å²) in [5.74, 6) is 0. The SMILES string of the molecule is CN(CCNC1CCN(C2CC2)C1)C1CCCC1. The fourth-order valence-corrected chi connectivity index (χ4v) is 3.70. The van der Waals surface area contributed by atoms with Gasteiger partial charge in [-0.3, -0.25) is 4.90 Å². The summed E-state index contributed by atoms with van der Waals surface area (Å²) >= 11 is 0. The molecule has 2 saturated carbocycles. The lowest BCUT2D eigenvalue weighted by molar-refractivity contribution is 0.241. The van der Waals surface area contributed by atoms with Crippen molar-refractivity contribution in [2.24, 2.45) is 0 Å². The van der Waals surface area contributed by atoms with Crippen molar-refractivity contribution in [3.8, 4) is 0 Å². The van der Waals surface area contributed by atoms with Crippen molar-refractivity contribution in [3.05, 3.63) is 0 Å². The van der Waals surface area contributed by atoms with E-state index in [0.29, 0.717) is 0 Å². The van der Waals surface area contributed by atoms with Crippen molar-refractivity contribution in [2.45, 2.75) is 63.1 Å². The molecular formula is C15H29N3. The molecule has 1 heterocycles. The lowest BCUT2D eigenvalue weighted by atomic mass is 10.2. The summed E-state index contributed by atoms with van der Waals surface area (Å²) in [6.07, 6.45) is 10.0. The van der Waals surface area contributed by atoms with Gasteiger partial charge in [0, 0.05) is 44.3 Å². The molecule has 1 saturated heterocycles. The molecule has 104 valence electrons. The number of nitrogens with one attached hydrogen (secondary N) is 1. The first-order valence-electron chi connectivity index (χ1n) is 8.00. The Morgan fingerprint density at radius 2 is 1.89 bits per heavy atom. The molecule has 0 radical (unpaired) electrons. The molecule has 1 N–H and O–H groups in total. The molecule has 1 atom stereocenters. The van der Waals surface area contributed by atoms with E-state index in [9.17, 15) is 0 Å². The third-order valence-corrected chi connectivity index (χ3v) is 5.13. The molecule has 1 aliphatic heterocycles. The Morgan fingerprint density at radius 3 is 2.61 bits per heavy atom. The Bertz CT molecular complexity index is 258. The van der Waals surface area contributed by atoms with Gasteiger partial charge in [0.25, 0.3) is 0 Å². The van der Waals surface area contributed by atoms with E-state index in [-0.39, 0.29) is 0 Å². The van der Waals surface area contributed by atoms with Crippen LogP contribution in [-0.4, -0.2) is 61.2 Å². The smallest absolute Gasteiger partial charge is 0.0207 e. The van der Waals surface area contributed by atoms with Crippen LogP contribution in [0, 0.1) is 0 Å². The van der Waals surface area contributed by atoms with Crippen LogP contribution < -0.4 is 5.32 Å². The Kier molecular flexibility index (Phi) is 4.22. The highest BCUT2D eigenvalue weighted by Crippen LogP contribution is 2.29. The topological polar surface area (TPSA) is 18.5 Å². The van der Waals surface area contributed by atoms with E-state index in [1.165, 1.54) is 71.1 Å². The van der Waals surface area contributed by atoms with Gasteiger partial charge in [-0.2, -0.15) is 0 Å². The van der Waals surface area contributed by atoms with Crippen LogP contribution in [0.2, 0.25) is 0 Å². The number of hydrogen-bond acceptors (Lipinski definition) is 3. The zero-order valence-corrected chi connectivity index (χ0v) is 11.9. The molecule has 0 aromatic rings. The van der Waals surface area contributed by atoms with Gasteiger partial charge in [0.2, 0.25) is 0 Å². The summed E-state index contributed by atoms with van der Waals surface area (Å²) < 4.78 is 0. The van der Waals surface area contributed by atoms with Gasteiger partial charge in [-0.05, 0) is 39.2 Å². The molecule has 0 bridgehead atoms. The normalized spacial score (nSPS) is 30.7. The molecule has 1 unspecified atom stereocenters. The maximum absolute atomic E-state index is 3.77. The summed E-state index contributed by atoms with van der Waals surface area (Å²) in [4.78, 5) is 5.27. The Balaban J connectivity index is 1.30. The summed E-state index contributed by atoms with van der Waals surface area (Å²) in [6, 6.07) is 2.60. The van der Waals surface area contributed by atoms with Crippen molar-refractivity contribution in [1.29, 1.82) is 0 Å². The number of hydrogen-bond donors (Lipinski definition) is 1. The van der Waals surface area contributed by atoms with Crippen LogP contribution in [0.1, 0.15) is 44.9 Å². The second-order valence-electron chi connectivity index (χ2n) is 6.58. The van der Waals surface area contributed by atoms with Crippen LogP contribution in [0.25, 0.3) is 0 Å². The molecule has 3 nitrogen and oxygen atoms in total. The zero-order chi connectivity index (χ0) is 12.4. The fourth-order valence-electron chi connectivity index (χ4n) is 3.70. The number of nitrogens with zero attached hydrogens (tertiary/aromatic N) is 2. The van der Waals surface area contributed by atoms with Gasteiger partial charge in [-0.1, -0.05) is 12.8 Å². The standard InChI is InChI=1S/C15H29N3/c1-17(14-4-2-3-5-14)11-9-16-13-8-10-18(12-13)15-6-7-15/h13-16H,2-12H2,1H3. The lowest BCUT2D eigenvalue weighted by Crippen LogP contribution is -2.40. The van der Waals surface area contributed by atoms with E-state index in [4.69, 9.17) is 0 Å². The van der Waals surface area contributed by atoms with Crippen LogP contribution in [0.15, 0.2) is 0 Å². The number of likely N-dealkylation sites (tertiary alicyclic amines) is 1. The summed E-state index contributed by atoms with van der Waals surface area (Å²) in [7, 11) is 2.31. The lowest BCUT2D eigenvalue weighted by Gasteiger charge is -2.25. The Hall–Kier alpha value is -0.120. The fraction of sp³-hybridized carbons (Fsp3) is 1.00. The van der Waals surface area contributed by atoms with E-state index < -0.39 is 0 Å². The van der Waals surface area contributed by atoms with Crippen molar-refractivity contribution in [2.75, 3.05) is 33.2 Å². The third kappa shape index (κ3) is 3.25. The predicted octanol–water partition coefficient (Wildman–Crippen LogP) is 1.69. The third-order valence-electron chi connectivity index (χ3n) is 5.13. The molecule has 18 heavy (non-hydrogen) atoms. The Labute approximate surface area is 112 Å². The highest BCUT2D eigenvalue weighted by molar-refractivity contribution is 4.91. The number of rotatable bonds is 6. The van der Waals surface area contributed by atoms with E-state index in [0.717, 1.165) is 18.1 Å². The van der Waals surface area contributed by atoms with E-state index in [1.54, 1.807) is 0 Å². The van der Waals surface area contributed by atoms with Gasteiger partial charge in [0.1, 0.15) is 0 Å². The monoisotopic (exact) mass is 251 g/mol. The van der Waals surface area contributed by atoms with Crippen molar-refractivity contribution in [3.63, 3.8) is 0 Å². The largest absolute Gasteiger partial charge is 0.311 e. The van der Waals surface area contributed by atoms with Crippen LogP contribution in [0.4, 0.5) is 0 Å². The molecular weight excluding hydrogens is 222 g/mol. The van der Waals surface area contributed by atoms with Gasteiger partial charge in [-0.25, -0.2) is 0 Å².